The topological polar surface area (TPSA) is 99.6 Å². The molecule has 0 aromatic heterocycles. The second-order valence-corrected chi connectivity index (χ2v) is 11.9. The fourth-order valence-corrected chi connectivity index (χ4v) is 7.53. The van der Waals surface area contributed by atoms with Gasteiger partial charge < -0.3 is 29.3 Å². The van der Waals surface area contributed by atoms with Gasteiger partial charge in [-0.3, -0.25) is 14.4 Å². The third-order valence-electron chi connectivity index (χ3n) is 9.63. The van der Waals surface area contributed by atoms with Crippen molar-refractivity contribution in [3.8, 4) is 0 Å². The minimum atomic E-state index is -1.22. The van der Waals surface area contributed by atoms with Crippen LogP contribution in [0.25, 0.3) is 0 Å². The summed E-state index contributed by atoms with van der Waals surface area (Å²) in [5.74, 6) is -3.05. The Hall–Kier alpha value is -3.17. The van der Waals surface area contributed by atoms with Crippen molar-refractivity contribution in [2.45, 2.75) is 77.2 Å². The highest BCUT2D eigenvalue weighted by Crippen LogP contribution is 2.65. The van der Waals surface area contributed by atoms with E-state index in [1.54, 1.807) is 11.0 Å². The third kappa shape index (κ3) is 4.94. The summed E-state index contributed by atoms with van der Waals surface area (Å²) in [7, 11) is 0. The van der Waals surface area contributed by atoms with E-state index in [1.807, 2.05) is 45.0 Å². The Morgan fingerprint density at radius 1 is 1.12 bits per heavy atom. The number of hydrogen-bond acceptors (Lipinski definition) is 7. The summed E-state index contributed by atoms with van der Waals surface area (Å²) in [6, 6.07) is 6.14. The first-order valence-corrected chi connectivity index (χ1v) is 15.3. The van der Waals surface area contributed by atoms with E-state index in [0.29, 0.717) is 24.9 Å². The quantitative estimate of drug-likeness (QED) is 0.262. The van der Waals surface area contributed by atoms with Gasteiger partial charge >= 0.3 is 5.97 Å². The lowest BCUT2D eigenvalue weighted by molar-refractivity contribution is -0.161. The number of aliphatic hydroxyl groups excluding tert-OH is 1. The van der Waals surface area contributed by atoms with Crippen molar-refractivity contribution in [3.05, 3.63) is 49.6 Å². The number of benzene rings is 1. The molecular weight excluding hydrogens is 534 g/mol. The van der Waals surface area contributed by atoms with Crippen molar-refractivity contribution < 1.29 is 29.0 Å². The molecule has 1 N–H and O–H groups in total. The molecule has 2 amide bonds. The maximum atomic E-state index is 14.8. The van der Waals surface area contributed by atoms with Crippen LogP contribution < -0.4 is 9.80 Å². The summed E-state index contributed by atoms with van der Waals surface area (Å²) in [6.07, 6.45) is 4.64. The van der Waals surface area contributed by atoms with E-state index in [4.69, 9.17) is 9.47 Å². The first kappa shape index (κ1) is 31.8. The Morgan fingerprint density at radius 3 is 2.29 bits per heavy atom. The van der Waals surface area contributed by atoms with Crippen LogP contribution in [0.3, 0.4) is 0 Å². The van der Waals surface area contributed by atoms with Gasteiger partial charge in [0.25, 0.3) is 5.91 Å². The lowest BCUT2D eigenvalue weighted by atomic mass is 9.65. The summed E-state index contributed by atoms with van der Waals surface area (Å²) in [4.78, 5) is 48.2. The Bertz CT molecular complexity index is 1180. The van der Waals surface area contributed by atoms with Gasteiger partial charge in [-0.15, -0.1) is 6.58 Å². The Labute approximate surface area is 250 Å². The Kier molecular flexibility index (Phi) is 9.52. The van der Waals surface area contributed by atoms with Crippen LogP contribution in [0, 0.1) is 17.8 Å². The number of likely N-dealkylation sites (tertiary alicyclic amines) is 1. The number of nitrogens with zero attached hydrogens (tertiary/aromatic N) is 3. The molecule has 3 fully saturated rings. The largest absolute Gasteiger partial charge is 0.461 e. The third-order valence-corrected chi connectivity index (χ3v) is 9.63. The van der Waals surface area contributed by atoms with Crippen molar-refractivity contribution in [1.29, 1.82) is 0 Å². The number of fused-ring (bicyclic) bond motifs is 1. The molecule has 2 unspecified atom stereocenters. The molecule has 1 aromatic carbocycles. The molecule has 9 heteroatoms. The van der Waals surface area contributed by atoms with E-state index in [1.165, 1.54) is 11.0 Å². The molecule has 6 atom stereocenters. The van der Waals surface area contributed by atoms with Gasteiger partial charge in [0.05, 0.1) is 24.2 Å². The molecule has 3 saturated heterocycles. The van der Waals surface area contributed by atoms with Gasteiger partial charge in [-0.25, -0.2) is 0 Å². The number of rotatable bonds is 14. The van der Waals surface area contributed by atoms with Gasteiger partial charge in [0.1, 0.15) is 24.2 Å². The summed E-state index contributed by atoms with van der Waals surface area (Å²) in [5.41, 5.74) is -0.391. The first-order valence-electron chi connectivity index (χ1n) is 15.3. The van der Waals surface area contributed by atoms with Crippen molar-refractivity contribution in [2.75, 3.05) is 42.6 Å². The highest BCUT2D eigenvalue weighted by Gasteiger charge is 2.79. The van der Waals surface area contributed by atoms with E-state index in [9.17, 15) is 19.5 Å². The molecule has 0 saturated carbocycles. The van der Waals surface area contributed by atoms with Gasteiger partial charge in [-0.1, -0.05) is 39.5 Å². The zero-order valence-electron chi connectivity index (χ0n) is 25.8. The molecule has 230 valence electrons. The van der Waals surface area contributed by atoms with E-state index >= 15 is 0 Å². The smallest absolute Gasteiger partial charge is 0.313 e. The molecule has 3 heterocycles. The standard InChI is InChI=1S/C33H47N3O6/c1-8-19-35(24-15-13-23(14-16-24)34(11-4)12-5)30(39)28-33-18-17-32(10-3,42-33)27(31(40)41-20-9-2)26(33)29(38)36(28)25(21-37)22(6)7/h8-9,13-16,22,25-28,37H,1-2,10-12,17-21H2,3-7H3/t25-,26-,27-,28?,32+,33?/m0/s1. The number of ether oxygens (including phenoxy) is 2. The van der Waals surface area contributed by atoms with Gasteiger partial charge in [0.15, 0.2) is 0 Å². The predicted molar refractivity (Wildman–Crippen MR) is 163 cm³/mol. The average Bonchev–Trinajstić information content (AvgIpc) is 3.59. The van der Waals surface area contributed by atoms with E-state index in [0.717, 1.165) is 18.8 Å². The zero-order valence-corrected chi connectivity index (χ0v) is 25.8. The van der Waals surface area contributed by atoms with Gasteiger partial charge in [-0.05, 0) is 63.3 Å². The minimum absolute atomic E-state index is 0.0248. The molecule has 4 rings (SSSR count). The number of carbonyl (C=O) groups excluding carboxylic acids is 3. The Morgan fingerprint density at radius 2 is 1.76 bits per heavy atom. The monoisotopic (exact) mass is 581 g/mol. The number of anilines is 2. The number of hydrogen-bond donors (Lipinski definition) is 1. The van der Waals surface area contributed by atoms with Gasteiger partial charge in [0.2, 0.25) is 5.91 Å². The average molecular weight is 582 g/mol. The normalized spacial score (nSPS) is 28.5. The summed E-state index contributed by atoms with van der Waals surface area (Å²) in [5, 5.41) is 10.5. The van der Waals surface area contributed by atoms with Crippen LogP contribution in [-0.4, -0.2) is 83.9 Å². The highest BCUT2D eigenvalue weighted by molar-refractivity contribution is 6.05. The zero-order chi connectivity index (χ0) is 30.8. The molecule has 1 spiro atoms. The number of amides is 2. The highest BCUT2D eigenvalue weighted by atomic mass is 16.6. The van der Waals surface area contributed by atoms with Crippen LogP contribution in [-0.2, 0) is 23.9 Å². The maximum absolute atomic E-state index is 14.8. The van der Waals surface area contributed by atoms with Crippen LogP contribution >= 0.6 is 0 Å². The van der Waals surface area contributed by atoms with Gasteiger partial charge in [-0.2, -0.15) is 0 Å². The molecular formula is C33H47N3O6. The summed E-state index contributed by atoms with van der Waals surface area (Å²) < 4.78 is 12.3. The summed E-state index contributed by atoms with van der Waals surface area (Å²) in [6.45, 7) is 19.1. The number of carbonyl (C=O) groups is 3. The molecule has 3 aliphatic heterocycles. The molecule has 9 nitrogen and oxygen atoms in total. The van der Waals surface area contributed by atoms with Crippen LogP contribution in [0.2, 0.25) is 0 Å². The van der Waals surface area contributed by atoms with Crippen LogP contribution in [0.5, 0.6) is 0 Å². The number of aliphatic hydroxyl groups is 1. The SMILES string of the molecule is C=CCOC(=O)[C@@H]1[C@H]2C(=O)N([C@@H](CO)C(C)C)C(C(=O)N(CC=C)c3ccc(N(CC)CC)cc3)C23CC[C@@]1(CC)O3. The fraction of sp³-hybridized carbons (Fsp3) is 0.606. The molecule has 2 bridgehead atoms. The molecule has 1 aromatic rings. The van der Waals surface area contributed by atoms with Crippen molar-refractivity contribution >= 4 is 29.2 Å². The lowest BCUT2D eigenvalue weighted by Crippen LogP contribution is -2.60. The van der Waals surface area contributed by atoms with Crippen LogP contribution in [0.4, 0.5) is 11.4 Å². The van der Waals surface area contributed by atoms with Crippen molar-refractivity contribution in [2.24, 2.45) is 17.8 Å². The number of esters is 1. The van der Waals surface area contributed by atoms with E-state index < -0.39 is 41.1 Å². The second kappa shape index (κ2) is 12.6. The maximum Gasteiger partial charge on any atom is 0.313 e. The molecule has 0 aliphatic carbocycles. The Balaban J connectivity index is 1.83. The predicted octanol–water partition coefficient (Wildman–Crippen LogP) is 3.95. The minimum Gasteiger partial charge on any atom is -0.461 e. The first-order chi connectivity index (χ1) is 20.1. The fourth-order valence-electron chi connectivity index (χ4n) is 7.53. The van der Waals surface area contributed by atoms with Gasteiger partial charge in [0, 0.05) is 31.0 Å². The van der Waals surface area contributed by atoms with Crippen molar-refractivity contribution in [1.82, 2.24) is 4.90 Å². The van der Waals surface area contributed by atoms with E-state index in [2.05, 4.69) is 31.9 Å². The molecule has 42 heavy (non-hydrogen) atoms. The second-order valence-electron chi connectivity index (χ2n) is 11.9. The summed E-state index contributed by atoms with van der Waals surface area (Å²) >= 11 is 0. The van der Waals surface area contributed by atoms with E-state index in [-0.39, 0.29) is 37.5 Å². The van der Waals surface area contributed by atoms with Crippen LogP contribution in [0.15, 0.2) is 49.6 Å². The molecule has 0 radical (unpaired) electrons. The lowest BCUT2D eigenvalue weighted by Gasteiger charge is -2.40. The van der Waals surface area contributed by atoms with Crippen molar-refractivity contribution in [3.63, 3.8) is 0 Å². The molecule has 3 aliphatic rings. The van der Waals surface area contributed by atoms with Crippen LogP contribution in [0.1, 0.15) is 53.9 Å².